The summed E-state index contributed by atoms with van der Waals surface area (Å²) in [6.07, 6.45) is 2.09. The van der Waals surface area contributed by atoms with Crippen LogP contribution >= 0.6 is 0 Å². The molecular weight excluding hydrogens is 366 g/mol. The molecule has 28 heavy (non-hydrogen) atoms. The average Bonchev–Trinajstić information content (AvgIpc) is 3.46. The van der Waals surface area contributed by atoms with Gasteiger partial charge in [-0.25, -0.2) is 13.5 Å². The molecule has 146 valence electrons. The molecule has 0 bridgehead atoms. The average molecular weight is 386 g/mol. The van der Waals surface area contributed by atoms with E-state index in [0.717, 1.165) is 36.7 Å². The number of ether oxygens (including phenoxy) is 2. The van der Waals surface area contributed by atoms with Gasteiger partial charge in [-0.05, 0) is 57.9 Å². The maximum absolute atomic E-state index is 14.1. The summed E-state index contributed by atoms with van der Waals surface area (Å²) in [7, 11) is 0. The molecule has 0 amide bonds. The van der Waals surface area contributed by atoms with Crippen LogP contribution in [0.5, 0.6) is 17.4 Å². The first-order valence-electron chi connectivity index (χ1n) is 9.15. The largest absolute Gasteiger partial charge is 0.471 e. The summed E-state index contributed by atoms with van der Waals surface area (Å²) >= 11 is 0. The first-order valence-corrected chi connectivity index (χ1v) is 9.15. The van der Waals surface area contributed by atoms with E-state index in [0.29, 0.717) is 17.4 Å². The number of aromatic nitrogens is 4. The SMILES string of the molecule is Cc1c(Oc2cc(F)ccc2F)c(OC(C)C)nn1-c1ccc(C2CC2)nn1. The van der Waals surface area contributed by atoms with Crippen LogP contribution in [-0.4, -0.2) is 26.1 Å². The monoisotopic (exact) mass is 386 g/mol. The minimum atomic E-state index is -0.683. The molecule has 0 spiro atoms. The number of hydrogen-bond acceptors (Lipinski definition) is 5. The van der Waals surface area contributed by atoms with Gasteiger partial charge in [0.2, 0.25) is 5.75 Å². The Morgan fingerprint density at radius 2 is 1.89 bits per heavy atom. The summed E-state index contributed by atoms with van der Waals surface area (Å²) in [5, 5.41) is 12.9. The van der Waals surface area contributed by atoms with Gasteiger partial charge in [0.1, 0.15) is 5.82 Å². The lowest BCUT2D eigenvalue weighted by Gasteiger charge is -2.10. The second-order valence-corrected chi connectivity index (χ2v) is 7.07. The van der Waals surface area contributed by atoms with Gasteiger partial charge < -0.3 is 9.47 Å². The minimum absolute atomic E-state index is 0.171. The van der Waals surface area contributed by atoms with E-state index in [1.54, 1.807) is 6.92 Å². The lowest BCUT2D eigenvalue weighted by atomic mass is 10.3. The van der Waals surface area contributed by atoms with Crippen molar-refractivity contribution in [2.75, 3.05) is 0 Å². The van der Waals surface area contributed by atoms with E-state index in [2.05, 4.69) is 15.3 Å². The van der Waals surface area contributed by atoms with Crippen molar-refractivity contribution in [3.8, 4) is 23.2 Å². The normalized spacial score (nSPS) is 13.8. The summed E-state index contributed by atoms with van der Waals surface area (Å²) in [5.74, 6) is -0.172. The van der Waals surface area contributed by atoms with E-state index < -0.39 is 11.6 Å². The third-order valence-electron chi connectivity index (χ3n) is 4.37. The van der Waals surface area contributed by atoms with Gasteiger partial charge in [0, 0.05) is 12.0 Å². The predicted molar refractivity (Wildman–Crippen MR) is 98.1 cm³/mol. The van der Waals surface area contributed by atoms with Gasteiger partial charge in [-0.15, -0.1) is 10.2 Å². The molecular formula is C20H20F2N4O2. The predicted octanol–water partition coefficient (Wildman–Crippen LogP) is 4.71. The van der Waals surface area contributed by atoms with E-state index in [-0.39, 0.29) is 23.5 Å². The van der Waals surface area contributed by atoms with Crippen molar-refractivity contribution in [2.45, 2.75) is 45.6 Å². The molecule has 8 heteroatoms. The van der Waals surface area contributed by atoms with Crippen molar-refractivity contribution < 1.29 is 18.3 Å². The fraction of sp³-hybridized carbons (Fsp3) is 0.350. The molecule has 0 aliphatic heterocycles. The van der Waals surface area contributed by atoms with Crippen molar-refractivity contribution in [3.05, 3.63) is 53.4 Å². The molecule has 1 saturated carbocycles. The smallest absolute Gasteiger partial charge is 0.277 e. The lowest BCUT2D eigenvalue weighted by Crippen LogP contribution is -2.08. The topological polar surface area (TPSA) is 62.1 Å². The third-order valence-corrected chi connectivity index (χ3v) is 4.37. The van der Waals surface area contributed by atoms with Crippen molar-refractivity contribution in [1.29, 1.82) is 0 Å². The van der Waals surface area contributed by atoms with Crippen LogP contribution in [0.2, 0.25) is 0 Å². The molecule has 0 saturated heterocycles. The van der Waals surface area contributed by atoms with Crippen molar-refractivity contribution in [3.63, 3.8) is 0 Å². The highest BCUT2D eigenvalue weighted by atomic mass is 19.1. The van der Waals surface area contributed by atoms with Crippen LogP contribution in [0.25, 0.3) is 5.82 Å². The Morgan fingerprint density at radius 1 is 1.11 bits per heavy atom. The van der Waals surface area contributed by atoms with E-state index in [1.807, 2.05) is 26.0 Å². The van der Waals surface area contributed by atoms with Gasteiger partial charge in [0.05, 0.1) is 17.5 Å². The summed E-state index contributed by atoms with van der Waals surface area (Å²) < 4.78 is 40.5. The van der Waals surface area contributed by atoms with Gasteiger partial charge in [-0.2, -0.15) is 5.10 Å². The Hall–Kier alpha value is -3.03. The first kappa shape index (κ1) is 18.3. The molecule has 1 fully saturated rings. The van der Waals surface area contributed by atoms with Crippen LogP contribution in [0.1, 0.15) is 44.0 Å². The zero-order valence-corrected chi connectivity index (χ0v) is 15.8. The second kappa shape index (κ2) is 7.18. The molecule has 4 rings (SSSR count). The number of halogens is 2. The molecule has 2 heterocycles. The fourth-order valence-electron chi connectivity index (χ4n) is 2.81. The number of rotatable bonds is 6. The Morgan fingerprint density at radius 3 is 2.54 bits per heavy atom. The molecule has 1 aromatic carbocycles. The van der Waals surface area contributed by atoms with Gasteiger partial charge in [0.15, 0.2) is 17.4 Å². The highest BCUT2D eigenvalue weighted by Gasteiger charge is 2.26. The number of nitrogens with zero attached hydrogens (tertiary/aromatic N) is 4. The molecule has 0 atom stereocenters. The Labute approximate surface area is 161 Å². The van der Waals surface area contributed by atoms with Gasteiger partial charge >= 0.3 is 0 Å². The zero-order valence-electron chi connectivity index (χ0n) is 15.8. The molecule has 6 nitrogen and oxygen atoms in total. The first-order chi connectivity index (χ1) is 13.4. The van der Waals surface area contributed by atoms with Crippen LogP contribution < -0.4 is 9.47 Å². The van der Waals surface area contributed by atoms with Crippen molar-refractivity contribution >= 4 is 0 Å². The molecule has 0 N–H and O–H groups in total. The standard InChI is InChI=1S/C20H20F2N4O2/c1-11(2)27-20-19(28-17-10-14(21)6-7-15(17)22)12(3)26(25-20)18-9-8-16(23-24-18)13-4-5-13/h6-11,13H,4-5H2,1-3H3. The Bertz CT molecular complexity index is 998. The third kappa shape index (κ3) is 3.67. The van der Waals surface area contributed by atoms with Crippen LogP contribution in [0, 0.1) is 18.6 Å². The summed E-state index contributed by atoms with van der Waals surface area (Å²) in [4.78, 5) is 0. The van der Waals surface area contributed by atoms with Crippen molar-refractivity contribution in [1.82, 2.24) is 20.0 Å². The van der Waals surface area contributed by atoms with Crippen molar-refractivity contribution in [2.24, 2.45) is 0 Å². The second-order valence-electron chi connectivity index (χ2n) is 7.07. The van der Waals surface area contributed by atoms with E-state index >= 15 is 0 Å². The lowest BCUT2D eigenvalue weighted by molar-refractivity contribution is 0.222. The highest BCUT2D eigenvalue weighted by molar-refractivity contribution is 5.45. The minimum Gasteiger partial charge on any atom is -0.471 e. The molecule has 0 radical (unpaired) electrons. The van der Waals surface area contributed by atoms with Gasteiger partial charge in [-0.1, -0.05) is 0 Å². The molecule has 2 aromatic heterocycles. The zero-order chi connectivity index (χ0) is 19.8. The Balaban J connectivity index is 1.72. The number of hydrogen-bond donors (Lipinski definition) is 0. The molecule has 0 unspecified atom stereocenters. The number of benzene rings is 1. The quantitative estimate of drug-likeness (QED) is 0.614. The van der Waals surface area contributed by atoms with E-state index in [1.165, 1.54) is 4.68 Å². The molecule has 1 aliphatic carbocycles. The summed E-state index contributed by atoms with van der Waals surface area (Å²) in [5.41, 5.74) is 1.50. The van der Waals surface area contributed by atoms with E-state index in [9.17, 15) is 8.78 Å². The molecule has 3 aromatic rings. The van der Waals surface area contributed by atoms with Crippen LogP contribution in [0.15, 0.2) is 30.3 Å². The Kier molecular flexibility index (Phi) is 4.70. The molecule has 1 aliphatic rings. The van der Waals surface area contributed by atoms with Crippen LogP contribution in [-0.2, 0) is 0 Å². The highest BCUT2D eigenvalue weighted by Crippen LogP contribution is 2.39. The van der Waals surface area contributed by atoms with Gasteiger partial charge in [-0.3, -0.25) is 0 Å². The van der Waals surface area contributed by atoms with Crippen LogP contribution in [0.3, 0.4) is 0 Å². The maximum Gasteiger partial charge on any atom is 0.277 e. The van der Waals surface area contributed by atoms with Gasteiger partial charge in [0.25, 0.3) is 5.88 Å². The fourth-order valence-corrected chi connectivity index (χ4v) is 2.81. The summed E-state index contributed by atoms with van der Waals surface area (Å²) in [6, 6.07) is 6.77. The summed E-state index contributed by atoms with van der Waals surface area (Å²) in [6.45, 7) is 5.42. The van der Waals surface area contributed by atoms with Crippen LogP contribution in [0.4, 0.5) is 8.78 Å². The maximum atomic E-state index is 14.1. The van der Waals surface area contributed by atoms with E-state index in [4.69, 9.17) is 9.47 Å².